The number of benzene rings is 4. The van der Waals surface area contributed by atoms with Crippen molar-refractivity contribution in [3.63, 3.8) is 0 Å². The van der Waals surface area contributed by atoms with Gasteiger partial charge < -0.3 is 20.6 Å². The Bertz CT molecular complexity index is 1840. The van der Waals surface area contributed by atoms with Gasteiger partial charge in [-0.25, -0.2) is 4.79 Å². The van der Waals surface area contributed by atoms with Crippen LogP contribution in [0.15, 0.2) is 91.1 Å². The lowest BCUT2D eigenvalue weighted by Crippen LogP contribution is -2.46. The van der Waals surface area contributed by atoms with Gasteiger partial charge in [0.15, 0.2) is 0 Å². The molecule has 4 aromatic carbocycles. The van der Waals surface area contributed by atoms with E-state index in [1.807, 2.05) is 24.3 Å². The van der Waals surface area contributed by atoms with E-state index in [0.29, 0.717) is 17.9 Å². The van der Waals surface area contributed by atoms with Gasteiger partial charge in [-0.1, -0.05) is 67.6 Å². The smallest absolute Gasteiger partial charge is 0.416 e. The lowest BCUT2D eigenvalue weighted by molar-refractivity contribution is -0.139. The van der Waals surface area contributed by atoms with Crippen LogP contribution in [0.1, 0.15) is 70.3 Å². The van der Waals surface area contributed by atoms with Crippen molar-refractivity contribution in [2.24, 2.45) is 5.92 Å². The molecule has 6 nitrogen and oxygen atoms in total. The maximum Gasteiger partial charge on any atom is 0.416 e. The average Bonchev–Trinajstić information content (AvgIpc) is 3.10. The van der Waals surface area contributed by atoms with Crippen molar-refractivity contribution in [3.8, 4) is 0 Å². The number of hydrogen-bond acceptors (Lipinski definition) is 4. The van der Waals surface area contributed by atoms with E-state index in [2.05, 4.69) is 70.3 Å². The van der Waals surface area contributed by atoms with Crippen molar-refractivity contribution in [1.29, 1.82) is 0 Å². The summed E-state index contributed by atoms with van der Waals surface area (Å²) in [5, 5.41) is 18.8. The molecule has 0 aliphatic carbocycles. The molecule has 3 unspecified atom stereocenters. The molecule has 3 N–H and O–H groups in total. The number of carboxylic acid groups (broad SMARTS) is 1. The van der Waals surface area contributed by atoms with E-state index in [1.54, 1.807) is 6.92 Å². The summed E-state index contributed by atoms with van der Waals surface area (Å²) in [6, 6.07) is 24.0. The number of carbonyl (C=O) groups excluding carboxylic acids is 1. The van der Waals surface area contributed by atoms with Crippen LogP contribution < -0.4 is 15.5 Å². The molecule has 3 atom stereocenters. The van der Waals surface area contributed by atoms with Gasteiger partial charge >= 0.3 is 12.1 Å². The second kappa shape index (κ2) is 14.4. The van der Waals surface area contributed by atoms with Crippen molar-refractivity contribution in [1.82, 2.24) is 10.6 Å². The fraction of sp³-hybridized carbons (Fsp3) is 0.350. The molecule has 1 amide bonds. The number of carbonyl (C=O) groups is 2. The quantitative estimate of drug-likeness (QED) is 0.168. The highest BCUT2D eigenvalue weighted by molar-refractivity contribution is 5.99. The molecule has 0 radical (unpaired) electrons. The van der Waals surface area contributed by atoms with Crippen molar-refractivity contribution < 1.29 is 27.9 Å². The number of carboxylic acids is 1. The average molecular weight is 670 g/mol. The van der Waals surface area contributed by atoms with Crippen molar-refractivity contribution in [2.45, 2.75) is 70.1 Å². The summed E-state index contributed by atoms with van der Waals surface area (Å²) in [5.41, 5.74) is 2.83. The van der Waals surface area contributed by atoms with Crippen LogP contribution in [0.5, 0.6) is 0 Å². The van der Waals surface area contributed by atoms with Crippen LogP contribution in [0, 0.1) is 12.8 Å². The van der Waals surface area contributed by atoms with Gasteiger partial charge in [0.25, 0.3) is 5.91 Å². The first-order valence-corrected chi connectivity index (χ1v) is 17.0. The lowest BCUT2D eigenvalue weighted by atomic mass is 9.75. The molecule has 6 rings (SSSR count). The summed E-state index contributed by atoms with van der Waals surface area (Å²) in [4.78, 5) is 27.7. The molecule has 256 valence electrons. The van der Waals surface area contributed by atoms with Crippen molar-refractivity contribution in [2.75, 3.05) is 18.0 Å². The molecule has 9 heteroatoms. The van der Waals surface area contributed by atoms with Crippen LogP contribution >= 0.6 is 0 Å². The molecule has 4 aromatic rings. The number of fused-ring (bicyclic) bond motifs is 1. The number of allylic oxidation sites excluding steroid dienone is 1. The summed E-state index contributed by atoms with van der Waals surface area (Å²) in [6.45, 7) is 4.92. The van der Waals surface area contributed by atoms with Crippen LogP contribution in [0.2, 0.25) is 0 Å². The monoisotopic (exact) mass is 669 g/mol. The van der Waals surface area contributed by atoms with Gasteiger partial charge in [-0.05, 0) is 102 Å². The molecule has 1 saturated heterocycles. The number of rotatable bonds is 9. The number of aryl methyl sites for hydroxylation is 2. The van der Waals surface area contributed by atoms with Crippen LogP contribution in [0.3, 0.4) is 0 Å². The van der Waals surface area contributed by atoms with Gasteiger partial charge in [-0.15, -0.1) is 0 Å². The predicted molar refractivity (Wildman–Crippen MR) is 187 cm³/mol. The number of nitrogens with one attached hydrogen (secondary N) is 2. The highest BCUT2D eigenvalue weighted by Crippen LogP contribution is 2.38. The fourth-order valence-electron chi connectivity index (χ4n) is 7.67. The first-order valence-electron chi connectivity index (χ1n) is 17.0. The first-order chi connectivity index (χ1) is 23.5. The maximum absolute atomic E-state index is 13.3. The van der Waals surface area contributed by atoms with E-state index in [0.717, 1.165) is 55.7 Å². The maximum atomic E-state index is 13.3. The minimum Gasteiger partial charge on any atom is -0.480 e. The normalized spacial score (nSPS) is 19.0. The number of amides is 1. The zero-order chi connectivity index (χ0) is 34.7. The first kappa shape index (κ1) is 34.1. The molecular weight excluding hydrogens is 627 g/mol. The van der Waals surface area contributed by atoms with Gasteiger partial charge in [0.2, 0.25) is 0 Å². The summed E-state index contributed by atoms with van der Waals surface area (Å²) in [5.74, 6) is -0.993. The Balaban J connectivity index is 1.09. The minimum absolute atomic E-state index is 0.0427. The van der Waals surface area contributed by atoms with E-state index in [4.69, 9.17) is 0 Å². The molecule has 2 aliphatic heterocycles. The van der Waals surface area contributed by atoms with Gasteiger partial charge in [-0.3, -0.25) is 4.79 Å². The van der Waals surface area contributed by atoms with Crippen LogP contribution in [0.4, 0.5) is 18.9 Å². The van der Waals surface area contributed by atoms with Gasteiger partial charge in [-0.2, -0.15) is 13.2 Å². The number of piperidine rings is 1. The number of aliphatic carboxylic acids is 1. The third kappa shape index (κ3) is 7.46. The number of nitrogens with zero attached hydrogens (tertiary/aromatic N) is 1. The Kier molecular flexibility index (Phi) is 9.99. The molecule has 2 aliphatic rings. The Morgan fingerprint density at radius 2 is 1.71 bits per heavy atom. The van der Waals surface area contributed by atoms with Crippen molar-refractivity contribution in [3.05, 3.63) is 125 Å². The Hall–Kier alpha value is -4.79. The second-order valence-electron chi connectivity index (χ2n) is 13.2. The molecule has 49 heavy (non-hydrogen) atoms. The summed E-state index contributed by atoms with van der Waals surface area (Å²) < 4.78 is 40.0. The minimum atomic E-state index is -4.54. The SMILES string of the molecule is CCc1cc(C(F)(F)F)cc(C)c1C(=O)NC(Cc1ccc(N2CCC(C3NC=CCC3c3cccc4ccccc34)CC2)cc1)C(=O)O. The van der Waals surface area contributed by atoms with Gasteiger partial charge in [0.1, 0.15) is 6.04 Å². The lowest BCUT2D eigenvalue weighted by Gasteiger charge is -2.42. The number of halogens is 3. The van der Waals surface area contributed by atoms with Crippen LogP contribution in [-0.4, -0.2) is 42.2 Å². The summed E-state index contributed by atoms with van der Waals surface area (Å²) in [6.07, 6.45) is 3.14. The molecule has 1 fully saturated rings. The highest BCUT2D eigenvalue weighted by atomic mass is 19.4. The Morgan fingerprint density at radius 1 is 1.00 bits per heavy atom. The zero-order valence-corrected chi connectivity index (χ0v) is 27.8. The third-order valence-corrected chi connectivity index (χ3v) is 10.2. The molecular formula is C40H42F3N3O3. The molecule has 0 aromatic heterocycles. The largest absolute Gasteiger partial charge is 0.480 e. The van der Waals surface area contributed by atoms with E-state index >= 15 is 0 Å². The second-order valence-corrected chi connectivity index (χ2v) is 13.2. The molecule has 0 spiro atoms. The zero-order valence-electron chi connectivity index (χ0n) is 27.8. The number of hydrogen-bond donors (Lipinski definition) is 3. The predicted octanol–water partition coefficient (Wildman–Crippen LogP) is 8.03. The molecule has 0 saturated carbocycles. The highest BCUT2D eigenvalue weighted by Gasteiger charge is 2.35. The molecule has 2 heterocycles. The van der Waals surface area contributed by atoms with Crippen molar-refractivity contribution >= 4 is 28.3 Å². The number of alkyl halides is 3. The van der Waals surface area contributed by atoms with Crippen LogP contribution in [0.25, 0.3) is 10.8 Å². The Morgan fingerprint density at radius 3 is 2.41 bits per heavy atom. The summed E-state index contributed by atoms with van der Waals surface area (Å²) >= 11 is 0. The molecule has 0 bridgehead atoms. The van der Waals surface area contributed by atoms with E-state index < -0.39 is 29.7 Å². The number of anilines is 1. The Labute approximate surface area is 285 Å². The fourth-order valence-corrected chi connectivity index (χ4v) is 7.67. The van der Waals surface area contributed by atoms with Crippen LogP contribution in [-0.2, 0) is 23.8 Å². The third-order valence-electron chi connectivity index (χ3n) is 10.2. The summed E-state index contributed by atoms with van der Waals surface area (Å²) in [7, 11) is 0. The van der Waals surface area contributed by atoms with E-state index in [1.165, 1.54) is 23.3 Å². The standard InChI is InChI=1S/C40H42F3N3O3/c1-3-27-24-30(40(41,42)43)22-25(2)36(27)38(47)45-35(39(48)49)23-26-13-15-31(16-14-26)46-20-17-29(18-21-46)37-34(12-7-19-44-37)33-11-6-9-28-8-4-5-10-32(28)33/h4-11,13-16,19,22,24,29,34-35,37,44H,3,12,17-18,20-21,23H2,1-2H3,(H,45,47)(H,48,49). The van der Waals surface area contributed by atoms with E-state index in [9.17, 15) is 27.9 Å². The topological polar surface area (TPSA) is 81.7 Å². The van der Waals surface area contributed by atoms with E-state index in [-0.39, 0.29) is 29.5 Å². The van der Waals surface area contributed by atoms with Gasteiger partial charge in [0.05, 0.1) is 5.56 Å². The van der Waals surface area contributed by atoms with Gasteiger partial charge in [0, 0.05) is 42.7 Å².